The zero-order chi connectivity index (χ0) is 24.0. The van der Waals surface area contributed by atoms with Crippen LogP contribution in [0.25, 0.3) is 109 Å². The van der Waals surface area contributed by atoms with Crippen molar-refractivity contribution in [3.8, 4) is 11.1 Å². The van der Waals surface area contributed by atoms with Crippen LogP contribution in [0.2, 0.25) is 0 Å². The zero-order valence-corrected chi connectivity index (χ0v) is 20.1. The molecule has 2 nitrogen and oxygen atoms in total. The molecule has 0 N–H and O–H groups in total. The SMILES string of the molecule is c1cc2c3cccc4c5cc(-c6cc7c8cccc9c%10cccc%11c(c6)c7n(c98)c%10%11)cc6c(c1)c2n(c34)c65. The van der Waals surface area contributed by atoms with Crippen molar-refractivity contribution in [1.82, 2.24) is 8.80 Å². The van der Waals surface area contributed by atoms with Gasteiger partial charge in [0.25, 0.3) is 0 Å². The van der Waals surface area contributed by atoms with E-state index in [1.807, 2.05) is 0 Å². The van der Waals surface area contributed by atoms with Gasteiger partial charge in [0.2, 0.25) is 0 Å². The third-order valence-corrected chi connectivity index (χ3v) is 9.78. The first-order valence-corrected chi connectivity index (χ1v) is 13.4. The summed E-state index contributed by atoms with van der Waals surface area (Å²) < 4.78 is 5.06. The Kier molecular flexibility index (Phi) is 2.36. The second-order valence-corrected chi connectivity index (χ2v) is 11.3. The lowest BCUT2D eigenvalue weighted by atomic mass is 9.96. The van der Waals surface area contributed by atoms with Gasteiger partial charge in [-0.25, -0.2) is 0 Å². The van der Waals surface area contributed by atoms with Gasteiger partial charge in [0, 0.05) is 64.6 Å². The van der Waals surface area contributed by atoms with Gasteiger partial charge in [-0.3, -0.25) is 0 Å². The first-order chi connectivity index (χ1) is 18.9. The summed E-state index contributed by atoms with van der Waals surface area (Å²) in [6, 6.07) is 37.1. The van der Waals surface area contributed by atoms with Crippen LogP contribution in [-0.4, -0.2) is 8.80 Å². The molecule has 6 aromatic heterocycles. The number of hydrogen-bond acceptors (Lipinski definition) is 0. The molecule has 6 aromatic carbocycles. The molecule has 12 aromatic rings. The average Bonchev–Trinajstić information content (AvgIpc) is 3.78. The highest BCUT2D eigenvalue weighted by Crippen LogP contribution is 2.50. The third-order valence-electron chi connectivity index (χ3n) is 9.78. The van der Waals surface area contributed by atoms with E-state index in [1.165, 1.54) is 109 Å². The summed E-state index contributed by atoms with van der Waals surface area (Å²) in [7, 11) is 0. The van der Waals surface area contributed by atoms with Crippen molar-refractivity contribution < 1.29 is 0 Å². The summed E-state index contributed by atoms with van der Waals surface area (Å²) in [6.45, 7) is 0. The minimum Gasteiger partial charge on any atom is -0.307 e. The molecule has 170 valence electrons. The van der Waals surface area contributed by atoms with Gasteiger partial charge in [-0.15, -0.1) is 0 Å². The Labute approximate surface area is 214 Å². The average molecular weight is 477 g/mol. The molecule has 0 aliphatic heterocycles. The Morgan fingerprint density at radius 2 is 0.474 bits per heavy atom. The Morgan fingerprint density at radius 3 is 0.737 bits per heavy atom. The fourth-order valence-electron chi connectivity index (χ4n) is 8.45. The molecule has 0 bridgehead atoms. The van der Waals surface area contributed by atoms with E-state index in [2.05, 4.69) is 106 Å². The van der Waals surface area contributed by atoms with Gasteiger partial charge in [-0.1, -0.05) is 72.8 Å². The first kappa shape index (κ1) is 17.4. The van der Waals surface area contributed by atoms with Gasteiger partial charge in [0.15, 0.2) is 0 Å². The number of fused-ring (bicyclic) bond motifs is 6. The molecule has 0 spiro atoms. The molecule has 0 aliphatic carbocycles. The van der Waals surface area contributed by atoms with Crippen molar-refractivity contribution >= 4 is 97.7 Å². The fourth-order valence-corrected chi connectivity index (χ4v) is 8.45. The van der Waals surface area contributed by atoms with Crippen molar-refractivity contribution in [2.24, 2.45) is 0 Å². The minimum absolute atomic E-state index is 1.30. The van der Waals surface area contributed by atoms with Gasteiger partial charge in [0.1, 0.15) is 0 Å². The normalized spacial score (nSPS) is 13.8. The Bertz CT molecular complexity index is 2490. The molecule has 0 atom stereocenters. The Hall–Kier alpha value is -5.08. The molecule has 0 aliphatic rings. The lowest BCUT2D eigenvalue weighted by Gasteiger charge is -2.06. The van der Waals surface area contributed by atoms with Gasteiger partial charge >= 0.3 is 0 Å². The van der Waals surface area contributed by atoms with Crippen LogP contribution in [0.1, 0.15) is 0 Å². The lowest BCUT2D eigenvalue weighted by molar-refractivity contribution is 1.41. The third kappa shape index (κ3) is 1.52. The van der Waals surface area contributed by atoms with Crippen molar-refractivity contribution in [1.29, 1.82) is 0 Å². The maximum Gasteiger partial charge on any atom is 0.0621 e. The van der Waals surface area contributed by atoms with E-state index >= 15 is 0 Å². The van der Waals surface area contributed by atoms with E-state index in [1.54, 1.807) is 0 Å². The molecular weight excluding hydrogens is 460 g/mol. The molecule has 0 saturated carbocycles. The van der Waals surface area contributed by atoms with Crippen LogP contribution in [0.3, 0.4) is 0 Å². The standard InChI is InChI=1S/C36H16N2/c1-5-19-20-6-2-10-24-28-14-17(13-27-23(9-1)31(19)37(32(20)24)35(27)28)18-15-29-25-11-3-7-21-22-8-4-12-26-30(16-18)36(29)38(33(21)25)34(22)26/h1-16H. The van der Waals surface area contributed by atoms with Crippen molar-refractivity contribution in [3.63, 3.8) is 0 Å². The van der Waals surface area contributed by atoms with E-state index < -0.39 is 0 Å². The van der Waals surface area contributed by atoms with Crippen LogP contribution in [0.5, 0.6) is 0 Å². The predicted molar refractivity (Wildman–Crippen MR) is 161 cm³/mol. The molecular formula is C36H16N2. The van der Waals surface area contributed by atoms with Gasteiger partial charge in [-0.05, 0) is 35.4 Å². The number of hydrogen-bond donors (Lipinski definition) is 0. The van der Waals surface area contributed by atoms with E-state index in [9.17, 15) is 0 Å². The van der Waals surface area contributed by atoms with Crippen molar-refractivity contribution in [3.05, 3.63) is 97.1 Å². The Morgan fingerprint density at radius 1 is 0.263 bits per heavy atom. The molecule has 2 heteroatoms. The second kappa shape index (κ2) is 5.16. The molecule has 6 heterocycles. The van der Waals surface area contributed by atoms with Crippen molar-refractivity contribution in [2.45, 2.75) is 0 Å². The highest BCUT2D eigenvalue weighted by atomic mass is 14.9. The van der Waals surface area contributed by atoms with Crippen LogP contribution in [0.4, 0.5) is 0 Å². The fraction of sp³-hybridized carbons (Fsp3) is 0. The van der Waals surface area contributed by atoms with Crippen LogP contribution < -0.4 is 0 Å². The monoisotopic (exact) mass is 476 g/mol. The lowest BCUT2D eigenvalue weighted by Crippen LogP contribution is -1.81. The van der Waals surface area contributed by atoms with Crippen LogP contribution in [-0.2, 0) is 0 Å². The number of nitrogens with zero attached hydrogens (tertiary/aromatic N) is 2. The summed E-state index contributed by atoms with van der Waals surface area (Å²) in [5.41, 5.74) is 10.8. The summed E-state index contributed by atoms with van der Waals surface area (Å²) in [5, 5.41) is 16.4. The first-order valence-electron chi connectivity index (χ1n) is 13.4. The maximum atomic E-state index is 2.53. The van der Waals surface area contributed by atoms with E-state index in [0.717, 1.165) is 0 Å². The molecule has 0 unspecified atom stereocenters. The van der Waals surface area contributed by atoms with Gasteiger partial charge in [-0.2, -0.15) is 0 Å². The quantitative estimate of drug-likeness (QED) is 0.223. The largest absolute Gasteiger partial charge is 0.307 e. The van der Waals surface area contributed by atoms with E-state index in [4.69, 9.17) is 0 Å². The Balaban J connectivity index is 1.31. The highest BCUT2D eigenvalue weighted by molar-refractivity contribution is 6.36. The molecule has 0 amide bonds. The second-order valence-electron chi connectivity index (χ2n) is 11.3. The summed E-state index contributed by atoms with van der Waals surface area (Å²) in [4.78, 5) is 0. The number of para-hydroxylation sites is 4. The molecule has 38 heavy (non-hydrogen) atoms. The minimum atomic E-state index is 1.30. The smallest absolute Gasteiger partial charge is 0.0621 e. The van der Waals surface area contributed by atoms with E-state index in [0.29, 0.717) is 0 Å². The van der Waals surface area contributed by atoms with E-state index in [-0.39, 0.29) is 0 Å². The number of benzene rings is 6. The topological polar surface area (TPSA) is 8.82 Å². The predicted octanol–water partition coefficient (Wildman–Crippen LogP) is 9.71. The summed E-state index contributed by atoms with van der Waals surface area (Å²) >= 11 is 0. The van der Waals surface area contributed by atoms with Crippen LogP contribution in [0.15, 0.2) is 97.1 Å². The maximum absolute atomic E-state index is 2.53. The molecule has 12 rings (SSSR count). The van der Waals surface area contributed by atoms with Gasteiger partial charge in [0.05, 0.1) is 33.1 Å². The molecule has 0 saturated heterocycles. The number of aromatic nitrogens is 2. The van der Waals surface area contributed by atoms with Crippen LogP contribution in [0, 0.1) is 0 Å². The summed E-state index contributed by atoms with van der Waals surface area (Å²) in [5.74, 6) is 0. The molecule has 0 fully saturated rings. The number of rotatable bonds is 1. The van der Waals surface area contributed by atoms with Gasteiger partial charge < -0.3 is 8.80 Å². The highest BCUT2D eigenvalue weighted by Gasteiger charge is 2.26. The zero-order valence-electron chi connectivity index (χ0n) is 20.1. The van der Waals surface area contributed by atoms with Crippen LogP contribution >= 0.6 is 0 Å². The summed E-state index contributed by atoms with van der Waals surface area (Å²) in [6.07, 6.45) is 0. The van der Waals surface area contributed by atoms with Crippen molar-refractivity contribution in [2.75, 3.05) is 0 Å². The molecule has 0 radical (unpaired) electrons.